The highest BCUT2D eigenvalue weighted by atomic mass is 31.2. The summed E-state index contributed by atoms with van der Waals surface area (Å²) >= 11 is 0. The number of hydrogen-bond donors (Lipinski definition) is 2. The van der Waals surface area contributed by atoms with Gasteiger partial charge in [0.15, 0.2) is 0 Å². The third-order valence-corrected chi connectivity index (χ3v) is 8.64. The lowest BCUT2D eigenvalue weighted by atomic mass is 10.1. The Morgan fingerprint density at radius 2 is 1.08 bits per heavy atom. The minimum absolute atomic E-state index is 0.0839. The highest BCUT2D eigenvalue weighted by molar-refractivity contribution is 7.47. The molecule has 2 atom stereocenters. The number of allylic oxidation sites excluding steroid dienone is 12. The van der Waals surface area contributed by atoms with E-state index in [2.05, 4.69) is 74.6 Å². The van der Waals surface area contributed by atoms with Gasteiger partial charge in [0.25, 0.3) is 0 Å². The van der Waals surface area contributed by atoms with Crippen molar-refractivity contribution in [3.63, 3.8) is 0 Å². The van der Waals surface area contributed by atoms with Gasteiger partial charge in [0.1, 0.15) is 6.10 Å². The summed E-state index contributed by atoms with van der Waals surface area (Å²) in [7, 11) is -4.29. The molecule has 0 bridgehead atoms. The maximum atomic E-state index is 12.5. The van der Waals surface area contributed by atoms with Gasteiger partial charge < -0.3 is 20.1 Å². The van der Waals surface area contributed by atoms with Crippen molar-refractivity contribution in [1.82, 2.24) is 0 Å². The number of nitrogens with two attached hydrogens (primary N) is 1. The van der Waals surface area contributed by atoms with E-state index in [9.17, 15) is 14.3 Å². The fourth-order valence-electron chi connectivity index (χ4n) is 4.84. The van der Waals surface area contributed by atoms with E-state index in [0.717, 1.165) is 51.4 Å². The molecule has 0 aliphatic heterocycles. The molecule has 0 radical (unpaired) electrons. The Morgan fingerprint density at radius 1 is 0.620 bits per heavy atom. The average molecular weight is 722 g/mol. The summed E-state index contributed by atoms with van der Waals surface area (Å²) in [5.74, 6) is -0.414. The van der Waals surface area contributed by atoms with Crippen LogP contribution in [-0.4, -0.2) is 49.9 Å². The zero-order chi connectivity index (χ0) is 36.6. The smallest absolute Gasteiger partial charge is 0.457 e. The Bertz CT molecular complexity index is 989. The van der Waals surface area contributed by atoms with E-state index in [1.165, 1.54) is 64.2 Å². The number of ether oxygens (including phenoxy) is 2. The number of carbonyl (C=O) groups is 1. The third-order valence-electron chi connectivity index (χ3n) is 7.65. The Kier molecular flexibility index (Phi) is 36.6. The van der Waals surface area contributed by atoms with E-state index in [4.69, 9.17) is 24.3 Å². The van der Waals surface area contributed by atoms with Crippen LogP contribution in [0.5, 0.6) is 0 Å². The number of hydrogen-bond acceptors (Lipinski definition) is 7. The van der Waals surface area contributed by atoms with Crippen LogP contribution in [-0.2, 0) is 27.9 Å². The van der Waals surface area contributed by atoms with Crippen LogP contribution in [0.15, 0.2) is 72.9 Å². The zero-order valence-electron chi connectivity index (χ0n) is 31.6. The number of unbranched alkanes of at least 4 members (excludes halogenated alkanes) is 11. The minimum atomic E-state index is -4.29. The summed E-state index contributed by atoms with van der Waals surface area (Å²) < 4.78 is 33.2. The summed E-state index contributed by atoms with van der Waals surface area (Å²) in [6.07, 6.45) is 46.4. The number of phosphoric ester groups is 1. The second kappa shape index (κ2) is 38.2. The number of esters is 1. The van der Waals surface area contributed by atoms with Gasteiger partial charge in [-0.3, -0.25) is 13.8 Å². The molecule has 0 fully saturated rings. The molecule has 0 aliphatic rings. The molecule has 2 unspecified atom stereocenters. The molecule has 0 amide bonds. The number of carbonyl (C=O) groups excluding carboxylic acids is 1. The second-order valence-electron chi connectivity index (χ2n) is 12.4. The van der Waals surface area contributed by atoms with Crippen molar-refractivity contribution in [3.8, 4) is 0 Å². The van der Waals surface area contributed by atoms with Gasteiger partial charge in [-0.2, -0.15) is 0 Å². The molecular formula is C41H72NO7P. The Labute approximate surface area is 305 Å². The average Bonchev–Trinajstić information content (AvgIpc) is 3.10. The van der Waals surface area contributed by atoms with E-state index in [0.29, 0.717) is 13.0 Å². The van der Waals surface area contributed by atoms with E-state index < -0.39 is 19.9 Å². The lowest BCUT2D eigenvalue weighted by Gasteiger charge is -2.20. The Balaban J connectivity index is 4.24. The molecule has 0 spiro atoms. The molecule has 0 aromatic rings. The van der Waals surface area contributed by atoms with Gasteiger partial charge in [-0.15, -0.1) is 0 Å². The van der Waals surface area contributed by atoms with Gasteiger partial charge in [0.05, 0.1) is 19.8 Å². The van der Waals surface area contributed by atoms with Gasteiger partial charge in [0.2, 0.25) is 0 Å². The minimum Gasteiger partial charge on any atom is -0.457 e. The SMILES string of the molecule is CC/C=C\C/C=C\C/C=C\C/C=C\C/C=C\C/C=C\CCC(=O)OC(COCCCCCCCCCCCCCC)COP(=O)(O)OCCN. The number of phosphoric acid groups is 1. The first-order chi connectivity index (χ1) is 24.4. The van der Waals surface area contributed by atoms with Gasteiger partial charge >= 0.3 is 13.8 Å². The van der Waals surface area contributed by atoms with Crippen molar-refractivity contribution in [1.29, 1.82) is 0 Å². The maximum absolute atomic E-state index is 12.5. The van der Waals surface area contributed by atoms with Crippen molar-refractivity contribution in [2.24, 2.45) is 5.73 Å². The highest BCUT2D eigenvalue weighted by Gasteiger charge is 2.25. The predicted molar refractivity (Wildman–Crippen MR) is 210 cm³/mol. The van der Waals surface area contributed by atoms with Crippen LogP contribution in [0.3, 0.4) is 0 Å². The maximum Gasteiger partial charge on any atom is 0.472 e. The van der Waals surface area contributed by atoms with Crippen molar-refractivity contribution in [2.75, 3.05) is 33.0 Å². The third kappa shape index (κ3) is 37.2. The largest absolute Gasteiger partial charge is 0.472 e. The molecule has 0 aromatic heterocycles. The zero-order valence-corrected chi connectivity index (χ0v) is 32.5. The van der Waals surface area contributed by atoms with Crippen molar-refractivity contribution in [2.45, 2.75) is 148 Å². The lowest BCUT2D eigenvalue weighted by molar-refractivity contribution is -0.154. The van der Waals surface area contributed by atoms with Crippen LogP contribution in [0, 0.1) is 0 Å². The van der Waals surface area contributed by atoms with E-state index in [-0.39, 0.29) is 32.8 Å². The summed E-state index contributed by atoms with van der Waals surface area (Å²) in [4.78, 5) is 22.4. The quantitative estimate of drug-likeness (QED) is 0.0284. The van der Waals surface area contributed by atoms with E-state index >= 15 is 0 Å². The molecule has 288 valence electrons. The van der Waals surface area contributed by atoms with Gasteiger partial charge in [-0.05, 0) is 51.4 Å². The molecule has 0 heterocycles. The van der Waals surface area contributed by atoms with Crippen molar-refractivity contribution in [3.05, 3.63) is 72.9 Å². The van der Waals surface area contributed by atoms with Crippen LogP contribution in [0.1, 0.15) is 142 Å². The molecule has 3 N–H and O–H groups in total. The summed E-state index contributed by atoms with van der Waals surface area (Å²) in [5, 5.41) is 0. The van der Waals surface area contributed by atoms with Crippen LogP contribution >= 0.6 is 7.82 Å². The molecule has 0 aliphatic carbocycles. The van der Waals surface area contributed by atoms with E-state index in [1.54, 1.807) is 0 Å². The Morgan fingerprint density at radius 3 is 1.56 bits per heavy atom. The Hall–Kier alpha value is -2.06. The van der Waals surface area contributed by atoms with Gasteiger partial charge in [-0.1, -0.05) is 157 Å². The van der Waals surface area contributed by atoms with Crippen molar-refractivity contribution >= 4 is 13.8 Å². The standard InChI is InChI=1S/C41H72NO7P/c1-3-5-7-9-11-13-15-17-18-19-20-21-22-23-24-26-28-30-32-34-41(43)49-40(39-48-50(44,45)47-37-35-42)38-46-36-33-31-29-27-25-16-14-12-10-8-6-4-2/h5,7,11,13,17-18,20-21,23-24,28,30,40H,3-4,6,8-10,12,14-16,19,22,25-27,29,31-39,42H2,1-2H3,(H,44,45)/b7-5-,13-11-,18-17-,21-20-,24-23-,30-28-. The first kappa shape index (κ1) is 47.9. The van der Waals surface area contributed by atoms with Crippen molar-refractivity contribution < 1.29 is 32.8 Å². The molecule has 8 nitrogen and oxygen atoms in total. The number of rotatable bonds is 36. The normalized spacial score (nSPS) is 14.4. The van der Waals surface area contributed by atoms with E-state index in [1.807, 2.05) is 12.2 Å². The van der Waals surface area contributed by atoms with Crippen LogP contribution in [0.25, 0.3) is 0 Å². The first-order valence-electron chi connectivity index (χ1n) is 19.4. The molecule has 50 heavy (non-hydrogen) atoms. The van der Waals surface area contributed by atoms with Gasteiger partial charge in [-0.25, -0.2) is 4.57 Å². The summed E-state index contributed by atoms with van der Waals surface area (Å²) in [6, 6.07) is 0. The molecular weight excluding hydrogens is 649 g/mol. The molecule has 0 rings (SSSR count). The molecule has 0 saturated heterocycles. The molecule has 0 saturated carbocycles. The van der Waals surface area contributed by atoms with Gasteiger partial charge in [0, 0.05) is 19.6 Å². The van der Waals surface area contributed by atoms with Crippen LogP contribution < -0.4 is 5.73 Å². The summed E-state index contributed by atoms with van der Waals surface area (Å²) in [6.45, 7) is 4.68. The van der Waals surface area contributed by atoms with Crippen LogP contribution in [0.2, 0.25) is 0 Å². The molecule has 0 aromatic carbocycles. The lowest BCUT2D eigenvalue weighted by Crippen LogP contribution is -2.28. The second-order valence-corrected chi connectivity index (χ2v) is 13.9. The van der Waals surface area contributed by atoms with Crippen LogP contribution in [0.4, 0.5) is 0 Å². The first-order valence-corrected chi connectivity index (χ1v) is 20.9. The topological polar surface area (TPSA) is 117 Å². The predicted octanol–water partition coefficient (Wildman–Crippen LogP) is 11.2. The highest BCUT2D eigenvalue weighted by Crippen LogP contribution is 2.43. The fourth-order valence-corrected chi connectivity index (χ4v) is 5.61. The molecule has 9 heteroatoms. The summed E-state index contributed by atoms with van der Waals surface area (Å²) in [5.41, 5.74) is 5.35. The monoisotopic (exact) mass is 722 g/mol. The fraction of sp³-hybridized carbons (Fsp3) is 0.683.